The van der Waals surface area contributed by atoms with Crippen LogP contribution in [0, 0.1) is 6.92 Å². The first kappa shape index (κ1) is 12.9. The van der Waals surface area contributed by atoms with Gasteiger partial charge < -0.3 is 10.3 Å². The van der Waals surface area contributed by atoms with Crippen LogP contribution in [-0.4, -0.2) is 5.16 Å². The molecule has 0 saturated carbocycles. The largest absolute Gasteiger partial charge is 0.417 e. The number of rotatable bonds is 1. The molecule has 1 aromatic heterocycles. The number of benzene rings is 1. The first-order valence-electron chi connectivity index (χ1n) is 4.89. The van der Waals surface area contributed by atoms with Gasteiger partial charge in [0.25, 0.3) is 0 Å². The Balaban J connectivity index is 2.68. The van der Waals surface area contributed by atoms with Crippen molar-refractivity contribution in [3.63, 3.8) is 0 Å². The van der Waals surface area contributed by atoms with E-state index in [4.69, 9.17) is 10.3 Å². The molecule has 2 N–H and O–H groups in total. The molecule has 1 aromatic carbocycles. The van der Waals surface area contributed by atoms with Crippen molar-refractivity contribution in [1.29, 1.82) is 0 Å². The van der Waals surface area contributed by atoms with Crippen LogP contribution >= 0.6 is 15.9 Å². The van der Waals surface area contributed by atoms with E-state index >= 15 is 0 Å². The van der Waals surface area contributed by atoms with Crippen molar-refractivity contribution in [2.45, 2.75) is 13.1 Å². The van der Waals surface area contributed by atoms with Crippen molar-refractivity contribution in [2.75, 3.05) is 5.73 Å². The zero-order valence-electron chi connectivity index (χ0n) is 9.18. The van der Waals surface area contributed by atoms with Crippen LogP contribution in [0.25, 0.3) is 11.3 Å². The minimum Gasteiger partial charge on any atom is -0.367 e. The monoisotopic (exact) mass is 320 g/mol. The van der Waals surface area contributed by atoms with Gasteiger partial charge in [-0.25, -0.2) is 0 Å². The summed E-state index contributed by atoms with van der Waals surface area (Å²) in [6.45, 7) is 1.56. The molecule has 1 heterocycles. The molecule has 0 aliphatic heterocycles. The van der Waals surface area contributed by atoms with Crippen LogP contribution < -0.4 is 5.73 Å². The lowest BCUT2D eigenvalue weighted by Gasteiger charge is -2.11. The Hall–Kier alpha value is -1.50. The normalized spacial score (nSPS) is 11.8. The van der Waals surface area contributed by atoms with Crippen molar-refractivity contribution in [2.24, 2.45) is 0 Å². The van der Waals surface area contributed by atoms with Crippen molar-refractivity contribution in [3.8, 4) is 11.3 Å². The number of halogens is 4. The van der Waals surface area contributed by atoms with Crippen LogP contribution in [0.3, 0.4) is 0 Å². The van der Waals surface area contributed by atoms with Crippen molar-refractivity contribution < 1.29 is 17.7 Å². The Labute approximate surface area is 109 Å². The number of nitrogens with zero attached hydrogens (tertiary/aromatic N) is 1. The molecule has 0 unspecified atom stereocenters. The smallest absolute Gasteiger partial charge is 0.367 e. The van der Waals surface area contributed by atoms with Crippen LogP contribution in [0.2, 0.25) is 0 Å². The standard InChI is InChI=1S/C11H8BrF3N2O/c1-5-9(17-18-10(5)16)7-3-2-6(12)4-8(7)11(13,14)15/h2-4H,16H2,1H3. The first-order valence-corrected chi connectivity index (χ1v) is 5.69. The van der Waals surface area contributed by atoms with E-state index in [0.717, 1.165) is 6.07 Å². The summed E-state index contributed by atoms with van der Waals surface area (Å²) < 4.78 is 43.9. The average Bonchev–Trinajstić information content (AvgIpc) is 2.59. The summed E-state index contributed by atoms with van der Waals surface area (Å²) in [4.78, 5) is 0. The SMILES string of the molecule is Cc1c(-c2ccc(Br)cc2C(F)(F)F)noc1N. The predicted molar refractivity (Wildman–Crippen MR) is 63.8 cm³/mol. The Bertz CT molecular complexity index is 592. The molecule has 7 heteroatoms. The molecule has 0 amide bonds. The topological polar surface area (TPSA) is 52.0 Å². The summed E-state index contributed by atoms with van der Waals surface area (Å²) in [6, 6.07) is 3.84. The number of hydrogen-bond acceptors (Lipinski definition) is 3. The summed E-state index contributed by atoms with van der Waals surface area (Å²) in [5, 5.41) is 3.57. The average molecular weight is 321 g/mol. The number of alkyl halides is 3. The molecule has 0 spiro atoms. The minimum absolute atomic E-state index is 0.0149. The van der Waals surface area contributed by atoms with E-state index in [1.807, 2.05) is 0 Å². The van der Waals surface area contributed by atoms with Gasteiger partial charge in [-0.2, -0.15) is 13.2 Å². The third kappa shape index (κ3) is 2.22. The van der Waals surface area contributed by atoms with Crippen molar-refractivity contribution in [1.82, 2.24) is 5.16 Å². The fourth-order valence-electron chi connectivity index (χ4n) is 1.56. The van der Waals surface area contributed by atoms with E-state index in [9.17, 15) is 13.2 Å². The van der Waals surface area contributed by atoms with Gasteiger partial charge in [-0.05, 0) is 19.1 Å². The van der Waals surface area contributed by atoms with E-state index in [1.165, 1.54) is 12.1 Å². The molecule has 0 radical (unpaired) electrons. The maximum atomic E-state index is 12.9. The number of hydrogen-bond donors (Lipinski definition) is 1. The van der Waals surface area contributed by atoms with Gasteiger partial charge in [-0.3, -0.25) is 0 Å². The van der Waals surface area contributed by atoms with Crippen molar-refractivity contribution in [3.05, 3.63) is 33.8 Å². The Morgan fingerprint density at radius 3 is 2.50 bits per heavy atom. The highest BCUT2D eigenvalue weighted by Gasteiger charge is 2.35. The highest BCUT2D eigenvalue weighted by molar-refractivity contribution is 9.10. The summed E-state index contributed by atoms with van der Waals surface area (Å²) in [5.41, 5.74) is 5.11. The molecule has 0 aliphatic carbocycles. The van der Waals surface area contributed by atoms with Gasteiger partial charge in [-0.15, -0.1) is 0 Å². The van der Waals surface area contributed by atoms with Crippen LogP contribution in [0.15, 0.2) is 27.2 Å². The van der Waals surface area contributed by atoms with Gasteiger partial charge in [0, 0.05) is 15.6 Å². The molecule has 0 fully saturated rings. The van der Waals surface area contributed by atoms with Crippen molar-refractivity contribution >= 4 is 21.8 Å². The van der Waals surface area contributed by atoms with Gasteiger partial charge in [0.1, 0.15) is 5.69 Å². The number of anilines is 1. The second-order valence-corrected chi connectivity index (χ2v) is 4.62. The number of nitrogen functional groups attached to an aromatic ring is 1. The van der Waals surface area contributed by atoms with E-state index in [-0.39, 0.29) is 17.1 Å². The molecule has 2 rings (SSSR count). The quantitative estimate of drug-likeness (QED) is 0.863. The lowest BCUT2D eigenvalue weighted by atomic mass is 10.0. The molecule has 2 aromatic rings. The van der Waals surface area contributed by atoms with Crippen LogP contribution in [0.1, 0.15) is 11.1 Å². The fraction of sp³-hybridized carbons (Fsp3) is 0.182. The molecular formula is C11H8BrF3N2O. The third-order valence-electron chi connectivity index (χ3n) is 2.50. The summed E-state index contributed by atoms with van der Waals surface area (Å²) in [6.07, 6.45) is -4.47. The van der Waals surface area contributed by atoms with Gasteiger partial charge in [0.2, 0.25) is 5.88 Å². The van der Waals surface area contributed by atoms with Crippen LogP contribution in [0.5, 0.6) is 0 Å². The van der Waals surface area contributed by atoms with Gasteiger partial charge in [-0.1, -0.05) is 27.2 Å². The third-order valence-corrected chi connectivity index (χ3v) is 3.00. The summed E-state index contributed by atoms with van der Waals surface area (Å²) >= 11 is 3.02. The molecular weight excluding hydrogens is 313 g/mol. The zero-order valence-corrected chi connectivity index (χ0v) is 10.8. The molecule has 96 valence electrons. The van der Waals surface area contributed by atoms with E-state index in [1.54, 1.807) is 6.92 Å². The Kier molecular flexibility index (Phi) is 3.10. The van der Waals surface area contributed by atoms with E-state index in [0.29, 0.717) is 10.0 Å². The van der Waals surface area contributed by atoms with E-state index in [2.05, 4.69) is 21.1 Å². The Morgan fingerprint density at radius 2 is 2.00 bits per heavy atom. The zero-order chi connectivity index (χ0) is 13.5. The summed E-state index contributed by atoms with van der Waals surface area (Å²) in [7, 11) is 0. The summed E-state index contributed by atoms with van der Waals surface area (Å²) in [5.74, 6) is 0.0149. The highest BCUT2D eigenvalue weighted by Crippen LogP contribution is 2.39. The van der Waals surface area contributed by atoms with Gasteiger partial charge >= 0.3 is 6.18 Å². The molecule has 0 aliphatic rings. The molecule has 0 saturated heterocycles. The Morgan fingerprint density at radius 1 is 1.33 bits per heavy atom. The van der Waals surface area contributed by atoms with Gasteiger partial charge in [0.15, 0.2) is 0 Å². The predicted octanol–water partition coefficient (Wildman–Crippen LogP) is 4.01. The molecule has 3 nitrogen and oxygen atoms in total. The number of nitrogens with two attached hydrogens (primary N) is 1. The van der Waals surface area contributed by atoms with E-state index < -0.39 is 11.7 Å². The minimum atomic E-state index is -4.47. The maximum Gasteiger partial charge on any atom is 0.417 e. The molecule has 18 heavy (non-hydrogen) atoms. The molecule has 0 bridgehead atoms. The highest BCUT2D eigenvalue weighted by atomic mass is 79.9. The second kappa shape index (κ2) is 4.31. The van der Waals surface area contributed by atoms with Crippen LogP contribution in [0.4, 0.5) is 19.1 Å². The molecule has 0 atom stereocenters. The van der Waals surface area contributed by atoms with Gasteiger partial charge in [0.05, 0.1) is 5.56 Å². The first-order chi connectivity index (χ1) is 8.30. The maximum absolute atomic E-state index is 12.9. The second-order valence-electron chi connectivity index (χ2n) is 3.71. The van der Waals surface area contributed by atoms with Crippen LogP contribution in [-0.2, 0) is 6.18 Å². The lowest BCUT2D eigenvalue weighted by molar-refractivity contribution is -0.137. The lowest BCUT2D eigenvalue weighted by Crippen LogP contribution is -2.07. The fourth-order valence-corrected chi connectivity index (χ4v) is 1.92. The number of aromatic nitrogens is 1.